The molecule has 1 unspecified atom stereocenters. The summed E-state index contributed by atoms with van der Waals surface area (Å²) >= 11 is 0. The number of aliphatic carboxylic acids is 1. The first-order valence-electron chi connectivity index (χ1n) is 8.72. The van der Waals surface area contributed by atoms with Gasteiger partial charge in [-0.05, 0) is 49.9 Å². The molecule has 1 aromatic rings. The van der Waals surface area contributed by atoms with Gasteiger partial charge < -0.3 is 15.7 Å². The number of hydrogen-bond donors (Lipinski definition) is 3. The zero-order chi connectivity index (χ0) is 18.4. The van der Waals surface area contributed by atoms with E-state index in [-0.39, 0.29) is 24.2 Å². The summed E-state index contributed by atoms with van der Waals surface area (Å²) in [6.07, 6.45) is 4.80. The summed E-state index contributed by atoms with van der Waals surface area (Å²) in [6, 6.07) is 6.57. The van der Waals surface area contributed by atoms with Gasteiger partial charge in [0.1, 0.15) is 0 Å². The van der Waals surface area contributed by atoms with Gasteiger partial charge in [-0.15, -0.1) is 0 Å². The molecule has 6 heteroatoms. The summed E-state index contributed by atoms with van der Waals surface area (Å²) in [4.78, 5) is 35.8. The average molecular weight is 346 g/mol. The van der Waals surface area contributed by atoms with Gasteiger partial charge in [0.05, 0.1) is 11.8 Å². The van der Waals surface area contributed by atoms with E-state index in [2.05, 4.69) is 10.6 Å². The Hall–Kier alpha value is -2.37. The molecule has 0 aromatic heterocycles. The van der Waals surface area contributed by atoms with Gasteiger partial charge in [-0.25, -0.2) is 0 Å². The van der Waals surface area contributed by atoms with Gasteiger partial charge >= 0.3 is 5.97 Å². The summed E-state index contributed by atoms with van der Waals surface area (Å²) in [7, 11) is 1.56. The van der Waals surface area contributed by atoms with Crippen molar-refractivity contribution in [1.82, 2.24) is 5.32 Å². The number of benzene rings is 1. The smallest absolute Gasteiger partial charge is 0.304 e. The van der Waals surface area contributed by atoms with E-state index in [9.17, 15) is 19.5 Å². The Balaban J connectivity index is 2.15. The largest absolute Gasteiger partial charge is 0.481 e. The van der Waals surface area contributed by atoms with Crippen molar-refractivity contribution < 1.29 is 19.5 Å². The lowest BCUT2D eigenvalue weighted by molar-refractivity contribution is -0.145. The zero-order valence-corrected chi connectivity index (χ0v) is 14.8. The third-order valence-electron chi connectivity index (χ3n) is 5.18. The van der Waals surface area contributed by atoms with E-state index >= 15 is 0 Å². The van der Waals surface area contributed by atoms with E-state index < -0.39 is 11.4 Å². The van der Waals surface area contributed by atoms with Crippen LogP contribution in [0, 0.1) is 11.3 Å². The van der Waals surface area contributed by atoms with Gasteiger partial charge in [-0.1, -0.05) is 19.3 Å². The van der Waals surface area contributed by atoms with Crippen LogP contribution in [0.4, 0.5) is 5.69 Å². The summed E-state index contributed by atoms with van der Waals surface area (Å²) < 4.78 is 0. The summed E-state index contributed by atoms with van der Waals surface area (Å²) in [5, 5.41) is 14.7. The van der Waals surface area contributed by atoms with Crippen molar-refractivity contribution in [3.05, 3.63) is 29.8 Å². The lowest BCUT2D eigenvalue weighted by Crippen LogP contribution is -2.42. The second-order valence-corrected chi connectivity index (χ2v) is 6.93. The highest BCUT2D eigenvalue weighted by molar-refractivity contribution is 5.98. The number of nitrogens with one attached hydrogen (secondary N) is 2. The van der Waals surface area contributed by atoms with Crippen LogP contribution in [0.3, 0.4) is 0 Å². The quantitative estimate of drug-likeness (QED) is 0.738. The fraction of sp³-hybridized carbons (Fsp3) is 0.526. The van der Waals surface area contributed by atoms with Gasteiger partial charge in [-0.2, -0.15) is 0 Å². The first-order valence-corrected chi connectivity index (χ1v) is 8.72. The van der Waals surface area contributed by atoms with Crippen molar-refractivity contribution in [3.63, 3.8) is 0 Å². The van der Waals surface area contributed by atoms with Crippen LogP contribution in [-0.4, -0.2) is 29.9 Å². The summed E-state index contributed by atoms with van der Waals surface area (Å²) in [5.74, 6) is -1.36. The van der Waals surface area contributed by atoms with Gasteiger partial charge in [-0.3, -0.25) is 14.4 Å². The van der Waals surface area contributed by atoms with Gasteiger partial charge in [0.15, 0.2) is 0 Å². The lowest BCUT2D eigenvalue weighted by atomic mass is 9.67. The molecule has 136 valence electrons. The Bertz CT molecular complexity index is 635. The first kappa shape index (κ1) is 19.0. The molecule has 2 rings (SSSR count). The molecular weight excluding hydrogens is 320 g/mol. The fourth-order valence-corrected chi connectivity index (χ4v) is 3.59. The normalized spacial score (nSPS) is 17.4. The monoisotopic (exact) mass is 346 g/mol. The van der Waals surface area contributed by atoms with Crippen molar-refractivity contribution in [3.8, 4) is 0 Å². The average Bonchev–Trinajstić information content (AvgIpc) is 2.61. The Labute approximate surface area is 148 Å². The highest BCUT2D eigenvalue weighted by Crippen LogP contribution is 2.42. The van der Waals surface area contributed by atoms with Crippen LogP contribution in [0.2, 0.25) is 0 Å². The molecule has 1 fully saturated rings. The van der Waals surface area contributed by atoms with Crippen molar-refractivity contribution in [2.45, 2.75) is 45.4 Å². The SMILES string of the molecule is CNC(=O)c1ccc(NC(=O)C(C)(CC(=O)O)C2CCCCC2)cc1. The van der Waals surface area contributed by atoms with Crippen LogP contribution < -0.4 is 10.6 Å². The van der Waals surface area contributed by atoms with Crippen LogP contribution in [-0.2, 0) is 9.59 Å². The summed E-state index contributed by atoms with van der Waals surface area (Å²) in [6.45, 7) is 1.76. The molecule has 3 N–H and O–H groups in total. The van der Waals surface area contributed by atoms with E-state index in [0.29, 0.717) is 11.3 Å². The van der Waals surface area contributed by atoms with E-state index in [1.165, 1.54) is 0 Å². The van der Waals surface area contributed by atoms with Gasteiger partial charge in [0, 0.05) is 18.3 Å². The minimum atomic E-state index is -0.960. The molecule has 6 nitrogen and oxygen atoms in total. The standard InChI is InChI=1S/C19H26N2O4/c1-19(12-16(22)23,14-6-4-3-5-7-14)18(25)21-15-10-8-13(9-11-15)17(24)20-2/h8-11,14H,3-7,12H2,1-2H3,(H,20,24)(H,21,25)(H,22,23). The van der Waals surface area contributed by atoms with Crippen molar-refractivity contribution in [1.29, 1.82) is 0 Å². The molecule has 1 aromatic carbocycles. The molecule has 0 aliphatic heterocycles. The zero-order valence-electron chi connectivity index (χ0n) is 14.8. The Morgan fingerprint density at radius 2 is 1.72 bits per heavy atom. The minimum Gasteiger partial charge on any atom is -0.481 e. The third kappa shape index (κ3) is 4.59. The van der Waals surface area contributed by atoms with E-state index in [0.717, 1.165) is 32.1 Å². The van der Waals surface area contributed by atoms with Gasteiger partial charge in [0.25, 0.3) is 5.91 Å². The molecule has 1 saturated carbocycles. The number of carboxylic acids is 1. The predicted octanol–water partition coefficient (Wildman–Crippen LogP) is 3.05. The van der Waals surface area contributed by atoms with E-state index in [1.54, 1.807) is 38.2 Å². The lowest BCUT2D eigenvalue weighted by Gasteiger charge is -2.37. The van der Waals surface area contributed by atoms with Crippen LogP contribution in [0.25, 0.3) is 0 Å². The Morgan fingerprint density at radius 1 is 1.12 bits per heavy atom. The molecular formula is C19H26N2O4. The second kappa shape index (κ2) is 8.14. The maximum absolute atomic E-state index is 12.9. The van der Waals surface area contributed by atoms with Crippen LogP contribution >= 0.6 is 0 Å². The number of amides is 2. The molecule has 0 radical (unpaired) electrons. The molecule has 25 heavy (non-hydrogen) atoms. The molecule has 2 amide bonds. The topological polar surface area (TPSA) is 95.5 Å². The minimum absolute atomic E-state index is 0.0718. The van der Waals surface area contributed by atoms with Crippen molar-refractivity contribution in [2.24, 2.45) is 11.3 Å². The van der Waals surface area contributed by atoms with Crippen molar-refractivity contribution >= 4 is 23.5 Å². The molecule has 1 atom stereocenters. The predicted molar refractivity (Wildman–Crippen MR) is 95.4 cm³/mol. The molecule has 0 spiro atoms. The number of rotatable bonds is 6. The highest BCUT2D eigenvalue weighted by atomic mass is 16.4. The third-order valence-corrected chi connectivity index (χ3v) is 5.18. The number of anilines is 1. The van der Waals surface area contributed by atoms with Crippen LogP contribution in [0.15, 0.2) is 24.3 Å². The van der Waals surface area contributed by atoms with E-state index in [4.69, 9.17) is 0 Å². The molecule has 1 aliphatic rings. The molecule has 1 aliphatic carbocycles. The molecule has 0 bridgehead atoms. The summed E-state index contributed by atoms with van der Waals surface area (Å²) in [5.41, 5.74) is 0.122. The van der Waals surface area contributed by atoms with E-state index in [1.807, 2.05) is 0 Å². The molecule has 0 saturated heterocycles. The molecule has 0 heterocycles. The highest BCUT2D eigenvalue weighted by Gasteiger charge is 2.43. The Morgan fingerprint density at radius 3 is 2.24 bits per heavy atom. The number of hydrogen-bond acceptors (Lipinski definition) is 3. The number of carbonyl (C=O) groups is 3. The Kier molecular flexibility index (Phi) is 6.17. The first-order chi connectivity index (χ1) is 11.9. The van der Waals surface area contributed by atoms with Crippen molar-refractivity contribution in [2.75, 3.05) is 12.4 Å². The maximum atomic E-state index is 12.9. The fourth-order valence-electron chi connectivity index (χ4n) is 3.59. The number of carboxylic acid groups (broad SMARTS) is 1. The maximum Gasteiger partial charge on any atom is 0.304 e. The number of carbonyl (C=O) groups excluding carboxylic acids is 2. The van der Waals surface area contributed by atoms with Crippen LogP contribution in [0.5, 0.6) is 0 Å². The second-order valence-electron chi connectivity index (χ2n) is 6.93. The van der Waals surface area contributed by atoms with Crippen LogP contribution in [0.1, 0.15) is 55.8 Å². The van der Waals surface area contributed by atoms with Gasteiger partial charge in [0.2, 0.25) is 5.91 Å².